The van der Waals surface area contributed by atoms with E-state index in [4.69, 9.17) is 4.74 Å². The van der Waals surface area contributed by atoms with E-state index >= 15 is 0 Å². The number of rotatable bonds is 7. The SMILES string of the molecule is C=CCN(C(C)C(F)(F)F)S(=O)(=O)c1ccc(-c2cc3ccc(C4CC4)cc3n2C(=O)OC(C)(C)C)nc1. The van der Waals surface area contributed by atoms with Crippen LogP contribution in [-0.4, -0.2) is 52.7 Å². The number of nitrogens with zero attached hydrogens (tertiary/aromatic N) is 3. The number of alkyl halides is 3. The molecule has 0 N–H and O–H groups in total. The van der Waals surface area contributed by atoms with E-state index in [0.29, 0.717) is 21.4 Å². The Labute approximate surface area is 220 Å². The number of hydrogen-bond acceptors (Lipinski definition) is 5. The zero-order valence-electron chi connectivity index (χ0n) is 21.6. The van der Waals surface area contributed by atoms with Crippen molar-refractivity contribution in [3.05, 3.63) is 60.8 Å². The quantitative estimate of drug-likeness (QED) is 0.315. The molecule has 1 aliphatic rings. The van der Waals surface area contributed by atoms with E-state index in [1.165, 1.54) is 16.7 Å². The first-order valence-electron chi connectivity index (χ1n) is 12.2. The van der Waals surface area contributed by atoms with Gasteiger partial charge in [-0.05, 0) is 76.3 Å². The van der Waals surface area contributed by atoms with Crippen LogP contribution >= 0.6 is 0 Å². The van der Waals surface area contributed by atoms with Crippen LogP contribution in [0, 0.1) is 0 Å². The van der Waals surface area contributed by atoms with Gasteiger partial charge in [0, 0.05) is 18.1 Å². The summed E-state index contributed by atoms with van der Waals surface area (Å²) in [5.41, 5.74) is 1.61. The molecule has 0 amide bonds. The fourth-order valence-corrected chi connectivity index (χ4v) is 5.69. The van der Waals surface area contributed by atoms with Crippen LogP contribution in [0.4, 0.5) is 18.0 Å². The van der Waals surface area contributed by atoms with Crippen molar-refractivity contribution in [2.75, 3.05) is 6.54 Å². The molecular weight excluding hydrogens is 519 g/mol. The van der Waals surface area contributed by atoms with Crippen LogP contribution in [0.15, 0.2) is 60.1 Å². The number of halogens is 3. The van der Waals surface area contributed by atoms with Gasteiger partial charge in [0.2, 0.25) is 10.0 Å². The van der Waals surface area contributed by atoms with E-state index in [0.717, 1.165) is 43.0 Å². The van der Waals surface area contributed by atoms with Gasteiger partial charge in [-0.15, -0.1) is 6.58 Å². The second-order valence-electron chi connectivity index (χ2n) is 10.4. The first-order chi connectivity index (χ1) is 17.6. The molecule has 4 rings (SSSR count). The summed E-state index contributed by atoms with van der Waals surface area (Å²) in [5, 5.41) is 0.768. The number of pyridine rings is 1. The Bertz CT molecular complexity index is 1470. The number of sulfonamides is 1. The third kappa shape index (κ3) is 5.63. The monoisotopic (exact) mass is 549 g/mol. The largest absolute Gasteiger partial charge is 0.443 e. The van der Waals surface area contributed by atoms with Crippen LogP contribution in [0.3, 0.4) is 0 Å². The van der Waals surface area contributed by atoms with E-state index in [2.05, 4.69) is 11.6 Å². The van der Waals surface area contributed by atoms with Crippen molar-refractivity contribution < 1.29 is 31.1 Å². The third-order valence-electron chi connectivity index (χ3n) is 6.27. The van der Waals surface area contributed by atoms with Crippen LogP contribution in [0.5, 0.6) is 0 Å². The van der Waals surface area contributed by atoms with E-state index in [1.807, 2.05) is 18.2 Å². The molecule has 1 aliphatic carbocycles. The Morgan fingerprint density at radius 2 is 1.89 bits per heavy atom. The van der Waals surface area contributed by atoms with Crippen molar-refractivity contribution in [3.8, 4) is 11.4 Å². The number of carbonyl (C=O) groups excluding carboxylic acids is 1. The van der Waals surface area contributed by atoms with Crippen molar-refractivity contribution >= 4 is 27.0 Å². The van der Waals surface area contributed by atoms with Crippen molar-refractivity contribution in [1.82, 2.24) is 13.9 Å². The Morgan fingerprint density at radius 3 is 2.42 bits per heavy atom. The highest BCUT2D eigenvalue weighted by molar-refractivity contribution is 7.89. The van der Waals surface area contributed by atoms with Gasteiger partial charge in [-0.2, -0.15) is 17.5 Å². The summed E-state index contributed by atoms with van der Waals surface area (Å²) in [6.45, 7) is 8.88. The standard InChI is InChI=1S/C27H30F3N3O4S/c1-6-13-32(17(2)27(28,29)30)38(35,36)21-11-12-22(31-16-21)24-15-20-10-9-19(18-7-8-18)14-23(20)33(24)25(34)37-26(3,4)5/h6,9-12,14-18H,1,7-8,13H2,2-5H3. The van der Waals surface area contributed by atoms with Gasteiger partial charge < -0.3 is 4.74 Å². The molecule has 11 heteroatoms. The number of hydrogen-bond donors (Lipinski definition) is 0. The number of benzene rings is 1. The fraction of sp³-hybridized carbons (Fsp3) is 0.407. The van der Waals surface area contributed by atoms with Gasteiger partial charge in [0.25, 0.3) is 0 Å². The van der Waals surface area contributed by atoms with E-state index < -0.39 is 45.4 Å². The molecule has 2 heterocycles. The Kier molecular flexibility index (Phi) is 7.22. The first-order valence-corrected chi connectivity index (χ1v) is 13.6. The Balaban J connectivity index is 1.78. The minimum atomic E-state index is -4.77. The lowest BCUT2D eigenvalue weighted by molar-refractivity contribution is -0.165. The van der Waals surface area contributed by atoms with Gasteiger partial charge in [0.1, 0.15) is 16.5 Å². The van der Waals surface area contributed by atoms with Gasteiger partial charge >= 0.3 is 12.3 Å². The fourth-order valence-electron chi connectivity index (χ4n) is 4.16. The van der Waals surface area contributed by atoms with E-state index in [-0.39, 0.29) is 5.69 Å². The second kappa shape index (κ2) is 9.85. The maximum absolute atomic E-state index is 13.4. The molecule has 0 bridgehead atoms. The lowest BCUT2D eigenvalue weighted by atomic mass is 10.1. The lowest BCUT2D eigenvalue weighted by Crippen LogP contribution is -2.46. The highest BCUT2D eigenvalue weighted by Gasteiger charge is 2.45. The highest BCUT2D eigenvalue weighted by Crippen LogP contribution is 2.42. The number of aromatic nitrogens is 2. The molecule has 0 spiro atoms. The molecule has 0 radical (unpaired) electrons. The number of carbonyl (C=O) groups is 1. The smallest absolute Gasteiger partial charge is 0.419 e. The van der Waals surface area contributed by atoms with Crippen molar-refractivity contribution in [2.24, 2.45) is 0 Å². The highest BCUT2D eigenvalue weighted by atomic mass is 32.2. The molecule has 2 aromatic heterocycles. The molecule has 0 aliphatic heterocycles. The molecule has 1 fully saturated rings. The molecule has 7 nitrogen and oxygen atoms in total. The molecule has 204 valence electrons. The van der Waals surface area contributed by atoms with E-state index in [1.54, 1.807) is 26.8 Å². The summed E-state index contributed by atoms with van der Waals surface area (Å²) in [5.74, 6) is 0.449. The van der Waals surface area contributed by atoms with Crippen LogP contribution in [-0.2, 0) is 14.8 Å². The second-order valence-corrected chi connectivity index (χ2v) is 12.3. The molecule has 1 saturated carbocycles. The molecule has 3 aromatic rings. The van der Waals surface area contributed by atoms with Gasteiger partial charge in [0.15, 0.2) is 0 Å². The van der Waals surface area contributed by atoms with Gasteiger partial charge in [0.05, 0.1) is 16.9 Å². The average molecular weight is 550 g/mol. The zero-order chi connectivity index (χ0) is 28.0. The lowest BCUT2D eigenvalue weighted by Gasteiger charge is -2.28. The summed E-state index contributed by atoms with van der Waals surface area (Å²) >= 11 is 0. The van der Waals surface area contributed by atoms with Gasteiger partial charge in [-0.25, -0.2) is 17.8 Å². The molecule has 1 aromatic carbocycles. The topological polar surface area (TPSA) is 81.5 Å². The average Bonchev–Trinajstić information content (AvgIpc) is 3.60. The molecular formula is C27H30F3N3O4S. The maximum atomic E-state index is 13.4. The summed E-state index contributed by atoms with van der Waals surface area (Å²) in [6, 6.07) is 7.92. The van der Waals surface area contributed by atoms with Crippen LogP contribution < -0.4 is 0 Å². The van der Waals surface area contributed by atoms with Crippen molar-refractivity contribution in [1.29, 1.82) is 0 Å². The minimum Gasteiger partial charge on any atom is -0.443 e. The number of ether oxygens (including phenoxy) is 1. The first kappa shape index (κ1) is 27.8. The van der Waals surface area contributed by atoms with Crippen molar-refractivity contribution in [2.45, 2.75) is 69.2 Å². The third-order valence-corrected chi connectivity index (χ3v) is 8.19. The maximum Gasteiger partial charge on any atom is 0.419 e. The normalized spacial score (nSPS) is 15.6. The zero-order valence-corrected chi connectivity index (χ0v) is 22.4. The van der Waals surface area contributed by atoms with Crippen molar-refractivity contribution in [3.63, 3.8) is 0 Å². The molecule has 1 unspecified atom stereocenters. The number of fused-ring (bicyclic) bond motifs is 1. The molecule has 38 heavy (non-hydrogen) atoms. The van der Waals surface area contributed by atoms with Crippen LogP contribution in [0.1, 0.15) is 52.0 Å². The predicted molar refractivity (Wildman–Crippen MR) is 138 cm³/mol. The van der Waals surface area contributed by atoms with Crippen LogP contribution in [0.2, 0.25) is 0 Å². The molecule has 0 saturated heterocycles. The minimum absolute atomic E-state index is 0.262. The summed E-state index contributed by atoms with van der Waals surface area (Å²) in [7, 11) is -4.55. The van der Waals surface area contributed by atoms with Gasteiger partial charge in [-0.1, -0.05) is 18.2 Å². The van der Waals surface area contributed by atoms with Gasteiger partial charge in [-0.3, -0.25) is 4.98 Å². The van der Waals surface area contributed by atoms with E-state index in [9.17, 15) is 26.4 Å². The Hall–Kier alpha value is -3.18. The summed E-state index contributed by atoms with van der Waals surface area (Å²) < 4.78 is 73.7. The van der Waals surface area contributed by atoms with Crippen LogP contribution in [0.25, 0.3) is 22.3 Å². The molecule has 1 atom stereocenters. The Morgan fingerprint density at radius 1 is 1.21 bits per heavy atom. The summed E-state index contributed by atoms with van der Waals surface area (Å²) in [4.78, 5) is 17.1. The summed E-state index contributed by atoms with van der Waals surface area (Å²) in [6.07, 6.45) is -1.13. The predicted octanol–water partition coefficient (Wildman–Crippen LogP) is 6.49.